The number of halogens is 3. The second kappa shape index (κ2) is 9.27. The lowest BCUT2D eigenvalue weighted by Crippen LogP contribution is -2.44. The Labute approximate surface area is 213 Å². The molecular formula is C25H22F3N7OS. The number of pyridine rings is 1. The summed E-state index contributed by atoms with van der Waals surface area (Å²) in [6.07, 6.45) is 0.508. The van der Waals surface area contributed by atoms with Gasteiger partial charge < -0.3 is 19.5 Å². The molecule has 0 bridgehead atoms. The van der Waals surface area contributed by atoms with Crippen LogP contribution in [0.1, 0.15) is 12.5 Å². The number of imidazole rings is 1. The number of rotatable bonds is 5. The lowest BCUT2D eigenvalue weighted by atomic mass is 10.1. The van der Waals surface area contributed by atoms with Gasteiger partial charge >= 0.3 is 6.18 Å². The van der Waals surface area contributed by atoms with E-state index in [1.807, 2.05) is 28.5 Å². The highest BCUT2D eigenvalue weighted by Gasteiger charge is 2.36. The van der Waals surface area contributed by atoms with Crippen LogP contribution in [0.5, 0.6) is 5.88 Å². The van der Waals surface area contributed by atoms with Crippen molar-refractivity contribution in [3.05, 3.63) is 54.6 Å². The molecule has 0 saturated carbocycles. The summed E-state index contributed by atoms with van der Waals surface area (Å²) in [6.45, 7) is 4.94. The Hall–Kier alpha value is -3.77. The third-order valence-electron chi connectivity index (χ3n) is 6.20. The Kier molecular flexibility index (Phi) is 5.92. The zero-order valence-electron chi connectivity index (χ0n) is 19.8. The van der Waals surface area contributed by atoms with E-state index >= 15 is 0 Å². The van der Waals surface area contributed by atoms with E-state index in [4.69, 9.17) is 4.74 Å². The lowest BCUT2D eigenvalue weighted by molar-refractivity contribution is -0.136. The van der Waals surface area contributed by atoms with Crippen LogP contribution in [-0.2, 0) is 6.18 Å². The normalized spacial score (nSPS) is 14.5. The fourth-order valence-electron chi connectivity index (χ4n) is 4.43. The minimum atomic E-state index is -4.60. The van der Waals surface area contributed by atoms with Crippen molar-refractivity contribution in [2.75, 3.05) is 37.7 Å². The number of nitrogens with zero attached hydrogens (tertiary/aromatic N) is 6. The first-order chi connectivity index (χ1) is 17.9. The quantitative estimate of drug-likeness (QED) is 0.349. The monoisotopic (exact) mass is 525 g/mol. The zero-order chi connectivity index (χ0) is 25.6. The molecule has 1 aromatic carbocycles. The van der Waals surface area contributed by atoms with Gasteiger partial charge in [0.2, 0.25) is 11.8 Å². The van der Waals surface area contributed by atoms with Gasteiger partial charge in [-0.2, -0.15) is 18.2 Å². The summed E-state index contributed by atoms with van der Waals surface area (Å²) in [5.41, 5.74) is 1.10. The third-order valence-corrected chi connectivity index (χ3v) is 7.26. The Morgan fingerprint density at radius 3 is 2.54 bits per heavy atom. The topological polar surface area (TPSA) is 81.0 Å². The molecule has 4 aromatic heterocycles. The molecule has 1 saturated heterocycles. The van der Waals surface area contributed by atoms with Crippen molar-refractivity contribution in [2.24, 2.45) is 0 Å². The average Bonchev–Trinajstić information content (AvgIpc) is 3.57. The number of thiophene rings is 1. The van der Waals surface area contributed by atoms with Gasteiger partial charge in [0.15, 0.2) is 0 Å². The van der Waals surface area contributed by atoms with Crippen molar-refractivity contribution < 1.29 is 17.9 Å². The third kappa shape index (κ3) is 4.36. The van der Waals surface area contributed by atoms with Gasteiger partial charge in [-0.3, -0.25) is 0 Å². The highest BCUT2D eigenvalue weighted by atomic mass is 32.1. The van der Waals surface area contributed by atoms with Crippen LogP contribution >= 0.6 is 11.3 Å². The molecule has 12 heteroatoms. The summed E-state index contributed by atoms with van der Waals surface area (Å²) < 4.78 is 51.4. The molecule has 6 rings (SSSR count). The standard InChI is InChI=1S/C25H22F3N7OS/c1-2-36-22-21-20(32-24(33-22)34-10-7-29-8-11-34)19-17(25(26,27)28)13-18(31-23(19)37-21)15-3-5-16(6-4-15)35-12-9-30-14-35/h3-6,9,12-14,29H,2,7-8,10-11H2,1H3. The van der Waals surface area contributed by atoms with Crippen LogP contribution in [0.2, 0.25) is 0 Å². The number of ether oxygens (including phenoxy) is 1. The Balaban J connectivity index is 1.54. The van der Waals surface area contributed by atoms with Gasteiger partial charge in [0.25, 0.3) is 0 Å². The number of aromatic nitrogens is 5. The van der Waals surface area contributed by atoms with E-state index in [9.17, 15) is 13.2 Å². The molecule has 5 aromatic rings. The number of fused-ring (bicyclic) bond motifs is 3. The SMILES string of the molecule is CCOc1nc(N2CCNCC2)nc2c1sc1nc(-c3ccc(-n4ccnc4)cc3)cc(C(F)(F)F)c12. The number of nitrogens with one attached hydrogen (secondary N) is 1. The molecule has 8 nitrogen and oxygen atoms in total. The smallest absolute Gasteiger partial charge is 0.417 e. The summed E-state index contributed by atoms with van der Waals surface area (Å²) in [6, 6.07) is 8.25. The number of piperazine rings is 1. The van der Waals surface area contributed by atoms with Crippen LogP contribution in [0, 0.1) is 0 Å². The van der Waals surface area contributed by atoms with Crippen LogP contribution in [-0.4, -0.2) is 57.3 Å². The Morgan fingerprint density at radius 1 is 1.08 bits per heavy atom. The Bertz CT molecular complexity index is 1560. The molecule has 0 atom stereocenters. The molecule has 1 N–H and O–H groups in total. The number of benzene rings is 1. The van der Waals surface area contributed by atoms with Crippen molar-refractivity contribution >= 4 is 37.7 Å². The highest BCUT2D eigenvalue weighted by molar-refractivity contribution is 7.25. The molecule has 1 aliphatic heterocycles. The molecule has 1 fully saturated rings. The molecule has 0 radical (unpaired) electrons. The lowest BCUT2D eigenvalue weighted by Gasteiger charge is -2.27. The van der Waals surface area contributed by atoms with E-state index in [0.29, 0.717) is 35.9 Å². The van der Waals surface area contributed by atoms with E-state index < -0.39 is 11.7 Å². The van der Waals surface area contributed by atoms with Gasteiger partial charge in [-0.15, -0.1) is 11.3 Å². The van der Waals surface area contributed by atoms with E-state index in [1.54, 1.807) is 30.9 Å². The summed E-state index contributed by atoms with van der Waals surface area (Å²) >= 11 is 1.12. The molecule has 37 heavy (non-hydrogen) atoms. The van der Waals surface area contributed by atoms with Gasteiger partial charge in [-0.25, -0.2) is 15.0 Å². The molecular weight excluding hydrogens is 503 g/mol. The largest absolute Gasteiger partial charge is 0.477 e. The fourth-order valence-corrected chi connectivity index (χ4v) is 5.51. The van der Waals surface area contributed by atoms with E-state index in [1.165, 1.54) is 0 Å². The summed E-state index contributed by atoms with van der Waals surface area (Å²) in [7, 11) is 0. The van der Waals surface area contributed by atoms with Crippen LogP contribution in [0.25, 0.3) is 37.4 Å². The van der Waals surface area contributed by atoms with Crippen molar-refractivity contribution in [3.63, 3.8) is 0 Å². The fraction of sp³-hybridized carbons (Fsp3) is 0.280. The first kappa shape index (κ1) is 23.6. The van der Waals surface area contributed by atoms with Crippen molar-refractivity contribution in [2.45, 2.75) is 13.1 Å². The predicted molar refractivity (Wildman–Crippen MR) is 137 cm³/mol. The summed E-state index contributed by atoms with van der Waals surface area (Å²) in [4.78, 5) is 20.1. The molecule has 0 amide bonds. The maximum atomic E-state index is 14.4. The second-order valence-corrected chi connectivity index (χ2v) is 9.53. The zero-order valence-corrected chi connectivity index (χ0v) is 20.6. The van der Waals surface area contributed by atoms with Gasteiger partial charge in [0, 0.05) is 49.8 Å². The minimum absolute atomic E-state index is 0.0222. The van der Waals surface area contributed by atoms with Gasteiger partial charge in [-0.05, 0) is 25.1 Å². The number of anilines is 1. The number of hydrogen-bond donors (Lipinski definition) is 1. The molecule has 0 aliphatic carbocycles. The first-order valence-electron chi connectivity index (χ1n) is 11.8. The highest BCUT2D eigenvalue weighted by Crippen LogP contribution is 2.45. The van der Waals surface area contributed by atoms with Gasteiger partial charge in [0.1, 0.15) is 15.0 Å². The molecule has 1 aliphatic rings. The number of alkyl halides is 3. The first-order valence-corrected chi connectivity index (χ1v) is 12.6. The second-order valence-electron chi connectivity index (χ2n) is 8.53. The van der Waals surface area contributed by atoms with Crippen LogP contribution < -0.4 is 15.0 Å². The van der Waals surface area contributed by atoms with E-state index in [-0.39, 0.29) is 27.3 Å². The van der Waals surface area contributed by atoms with E-state index in [0.717, 1.165) is 36.2 Å². The molecule has 0 spiro atoms. The van der Waals surface area contributed by atoms with Crippen LogP contribution in [0.15, 0.2) is 49.1 Å². The Morgan fingerprint density at radius 2 is 1.86 bits per heavy atom. The van der Waals surface area contributed by atoms with Crippen LogP contribution in [0.4, 0.5) is 19.1 Å². The van der Waals surface area contributed by atoms with E-state index in [2.05, 4.69) is 25.3 Å². The van der Waals surface area contributed by atoms with Crippen LogP contribution in [0.3, 0.4) is 0 Å². The van der Waals surface area contributed by atoms with Gasteiger partial charge in [0.05, 0.1) is 29.6 Å². The maximum Gasteiger partial charge on any atom is 0.417 e. The minimum Gasteiger partial charge on any atom is -0.477 e. The molecule has 5 heterocycles. The predicted octanol–water partition coefficient (Wildman–Crippen LogP) is 4.92. The van der Waals surface area contributed by atoms with Crippen molar-refractivity contribution in [1.82, 2.24) is 29.8 Å². The van der Waals surface area contributed by atoms with Crippen molar-refractivity contribution in [1.29, 1.82) is 0 Å². The summed E-state index contributed by atoms with van der Waals surface area (Å²) in [5, 5.41) is 3.24. The van der Waals surface area contributed by atoms with Crippen molar-refractivity contribution in [3.8, 4) is 22.8 Å². The average molecular weight is 526 g/mol. The molecule has 190 valence electrons. The van der Waals surface area contributed by atoms with Gasteiger partial charge in [-0.1, -0.05) is 12.1 Å². The number of hydrogen-bond acceptors (Lipinski definition) is 8. The molecule has 0 unspecified atom stereocenters. The summed E-state index contributed by atoms with van der Waals surface area (Å²) in [5.74, 6) is 0.646. The maximum absolute atomic E-state index is 14.4.